The number of rotatable bonds is 3. The molecule has 0 amide bonds. The zero-order chi connectivity index (χ0) is 14.3. The second kappa shape index (κ2) is 7.55. The summed E-state index contributed by atoms with van der Waals surface area (Å²) in [7, 11) is 0. The van der Waals surface area contributed by atoms with Crippen molar-refractivity contribution >= 4 is 11.8 Å². The molecule has 0 radical (unpaired) electrons. The molecule has 1 rings (SSSR count). The van der Waals surface area contributed by atoms with E-state index in [1.807, 2.05) is 0 Å². The number of ketones is 1. The van der Waals surface area contributed by atoms with Crippen molar-refractivity contribution < 1.29 is 19.1 Å². The predicted octanol–water partition coefficient (Wildman–Crippen LogP) is 2.08. The first-order valence-corrected chi connectivity index (χ1v) is 5.50. The van der Waals surface area contributed by atoms with E-state index in [0.717, 1.165) is 0 Å². The standard InChI is InChI=1S/C8H7FO.C5H11NO2/c1-6(10)7-2-4-8(9)5-3-7;1-3(2)4(6)5(7)8/h2-5H,1H3;3-4H,6H2,1-2H3,(H,7,8)/t;4-/m.0/s1. The highest BCUT2D eigenvalue weighted by atomic mass is 19.1. The lowest BCUT2D eigenvalue weighted by molar-refractivity contribution is -0.139. The molecule has 1 aromatic carbocycles. The normalized spacial score (nSPS) is 11.4. The van der Waals surface area contributed by atoms with E-state index in [-0.39, 0.29) is 17.5 Å². The van der Waals surface area contributed by atoms with Gasteiger partial charge >= 0.3 is 5.97 Å². The van der Waals surface area contributed by atoms with Gasteiger partial charge in [-0.2, -0.15) is 0 Å². The fraction of sp³-hybridized carbons (Fsp3) is 0.385. The molecule has 0 aliphatic carbocycles. The van der Waals surface area contributed by atoms with Crippen LogP contribution < -0.4 is 5.73 Å². The van der Waals surface area contributed by atoms with Gasteiger partial charge in [0.1, 0.15) is 11.9 Å². The Hall–Kier alpha value is -1.75. The van der Waals surface area contributed by atoms with E-state index >= 15 is 0 Å². The number of carboxylic acid groups (broad SMARTS) is 1. The number of carbonyl (C=O) groups excluding carboxylic acids is 1. The van der Waals surface area contributed by atoms with Crippen molar-refractivity contribution in [1.29, 1.82) is 0 Å². The van der Waals surface area contributed by atoms with Gasteiger partial charge in [-0.15, -0.1) is 0 Å². The van der Waals surface area contributed by atoms with Crippen LogP contribution in [0, 0.1) is 11.7 Å². The van der Waals surface area contributed by atoms with Gasteiger partial charge < -0.3 is 10.8 Å². The molecule has 100 valence electrons. The topological polar surface area (TPSA) is 80.4 Å². The minimum absolute atomic E-state index is 0.0208. The summed E-state index contributed by atoms with van der Waals surface area (Å²) in [5, 5.41) is 8.23. The highest BCUT2D eigenvalue weighted by Crippen LogP contribution is 2.02. The fourth-order valence-electron chi connectivity index (χ4n) is 0.970. The smallest absolute Gasteiger partial charge is 0.320 e. The Morgan fingerprint density at radius 1 is 1.22 bits per heavy atom. The summed E-state index contributed by atoms with van der Waals surface area (Å²) in [6, 6.07) is 4.78. The molecule has 0 bridgehead atoms. The Balaban J connectivity index is 0.000000331. The number of hydrogen-bond acceptors (Lipinski definition) is 3. The van der Waals surface area contributed by atoms with Gasteiger partial charge in [0.15, 0.2) is 5.78 Å². The van der Waals surface area contributed by atoms with Crippen molar-refractivity contribution in [3.8, 4) is 0 Å². The van der Waals surface area contributed by atoms with Crippen LogP contribution in [0.25, 0.3) is 0 Å². The molecule has 0 aliphatic heterocycles. The lowest BCUT2D eigenvalue weighted by Crippen LogP contribution is -2.34. The number of nitrogens with two attached hydrogens (primary N) is 1. The van der Waals surface area contributed by atoms with Gasteiger partial charge in [0.2, 0.25) is 0 Å². The highest BCUT2D eigenvalue weighted by Gasteiger charge is 2.14. The summed E-state index contributed by atoms with van der Waals surface area (Å²) in [5.74, 6) is -1.27. The Morgan fingerprint density at radius 2 is 1.67 bits per heavy atom. The number of halogens is 1. The lowest BCUT2D eigenvalue weighted by atomic mass is 10.1. The largest absolute Gasteiger partial charge is 0.480 e. The maximum atomic E-state index is 12.2. The van der Waals surface area contributed by atoms with E-state index < -0.39 is 12.0 Å². The molecule has 5 heteroatoms. The van der Waals surface area contributed by atoms with E-state index in [4.69, 9.17) is 10.8 Å². The SMILES string of the molecule is CC(=O)c1ccc(F)cc1.CC(C)[C@H](N)C(=O)O. The molecule has 0 heterocycles. The monoisotopic (exact) mass is 255 g/mol. The summed E-state index contributed by atoms with van der Waals surface area (Å²) >= 11 is 0. The van der Waals surface area contributed by atoms with Crippen LogP contribution in [0.3, 0.4) is 0 Å². The first-order chi connectivity index (χ1) is 8.25. The third-order valence-corrected chi connectivity index (χ3v) is 2.25. The van der Waals surface area contributed by atoms with E-state index in [0.29, 0.717) is 5.56 Å². The van der Waals surface area contributed by atoms with Crippen LogP contribution in [0.1, 0.15) is 31.1 Å². The van der Waals surface area contributed by atoms with Crippen LogP contribution in [0.5, 0.6) is 0 Å². The molecule has 4 nitrogen and oxygen atoms in total. The van der Waals surface area contributed by atoms with Gasteiger partial charge in [-0.3, -0.25) is 9.59 Å². The maximum absolute atomic E-state index is 12.2. The highest BCUT2D eigenvalue weighted by molar-refractivity contribution is 5.93. The quantitative estimate of drug-likeness (QED) is 0.810. The van der Waals surface area contributed by atoms with Crippen LogP contribution in [0.4, 0.5) is 4.39 Å². The Bertz CT molecular complexity index is 401. The molecule has 0 spiro atoms. The zero-order valence-electron chi connectivity index (χ0n) is 10.7. The Kier molecular flexibility index (Phi) is 6.82. The van der Waals surface area contributed by atoms with Crippen LogP contribution in [-0.4, -0.2) is 22.9 Å². The van der Waals surface area contributed by atoms with Gasteiger partial charge in [0, 0.05) is 5.56 Å². The van der Waals surface area contributed by atoms with Gasteiger partial charge in [0.25, 0.3) is 0 Å². The summed E-state index contributed by atoms with van der Waals surface area (Å²) in [6.45, 7) is 5.00. The third-order valence-electron chi connectivity index (χ3n) is 2.25. The average Bonchev–Trinajstić information content (AvgIpc) is 2.29. The van der Waals surface area contributed by atoms with E-state index in [2.05, 4.69) is 0 Å². The fourth-order valence-corrected chi connectivity index (χ4v) is 0.970. The molecule has 1 atom stereocenters. The Labute approximate surface area is 106 Å². The molecule has 3 N–H and O–H groups in total. The summed E-state index contributed by atoms with van der Waals surface area (Å²) in [4.78, 5) is 20.6. The van der Waals surface area contributed by atoms with Crippen molar-refractivity contribution in [1.82, 2.24) is 0 Å². The van der Waals surface area contributed by atoms with E-state index in [1.54, 1.807) is 13.8 Å². The number of Topliss-reactive ketones (excluding diaryl/α,β-unsaturated/α-hetero) is 1. The molecule has 18 heavy (non-hydrogen) atoms. The summed E-state index contributed by atoms with van der Waals surface area (Å²) in [6.07, 6.45) is 0. The number of benzene rings is 1. The molecular weight excluding hydrogens is 237 g/mol. The molecule has 0 fully saturated rings. The number of hydrogen-bond donors (Lipinski definition) is 2. The van der Waals surface area contributed by atoms with Crippen LogP contribution in [0.15, 0.2) is 24.3 Å². The molecule has 1 aromatic rings. The predicted molar refractivity (Wildman–Crippen MR) is 66.9 cm³/mol. The molecular formula is C13H18FNO3. The van der Waals surface area contributed by atoms with Crippen molar-refractivity contribution in [3.63, 3.8) is 0 Å². The zero-order valence-corrected chi connectivity index (χ0v) is 10.7. The van der Waals surface area contributed by atoms with Crippen molar-refractivity contribution in [3.05, 3.63) is 35.6 Å². The van der Waals surface area contributed by atoms with Gasteiger partial charge in [-0.05, 0) is 37.1 Å². The second-order valence-corrected chi connectivity index (χ2v) is 4.17. The van der Waals surface area contributed by atoms with Gasteiger partial charge in [0.05, 0.1) is 0 Å². The van der Waals surface area contributed by atoms with Crippen molar-refractivity contribution in [2.24, 2.45) is 11.7 Å². The average molecular weight is 255 g/mol. The Morgan fingerprint density at radius 3 is 1.89 bits per heavy atom. The second-order valence-electron chi connectivity index (χ2n) is 4.17. The van der Waals surface area contributed by atoms with Crippen molar-refractivity contribution in [2.75, 3.05) is 0 Å². The maximum Gasteiger partial charge on any atom is 0.320 e. The molecule has 0 aliphatic rings. The van der Waals surface area contributed by atoms with Gasteiger partial charge in [-0.25, -0.2) is 4.39 Å². The minimum atomic E-state index is -0.931. The molecule has 0 unspecified atom stereocenters. The van der Waals surface area contributed by atoms with E-state index in [1.165, 1.54) is 31.2 Å². The number of aliphatic carboxylic acids is 1. The number of carboxylic acids is 1. The first-order valence-electron chi connectivity index (χ1n) is 5.50. The molecule has 0 aromatic heterocycles. The first kappa shape index (κ1) is 16.2. The summed E-state index contributed by atoms with van der Waals surface area (Å²) in [5.41, 5.74) is 5.70. The van der Waals surface area contributed by atoms with Gasteiger partial charge in [-0.1, -0.05) is 13.8 Å². The molecule has 0 saturated heterocycles. The lowest BCUT2D eigenvalue weighted by Gasteiger charge is -2.07. The minimum Gasteiger partial charge on any atom is -0.480 e. The van der Waals surface area contributed by atoms with Crippen LogP contribution in [-0.2, 0) is 4.79 Å². The van der Waals surface area contributed by atoms with Crippen LogP contribution in [0.2, 0.25) is 0 Å². The molecule has 0 saturated carbocycles. The van der Waals surface area contributed by atoms with Crippen molar-refractivity contribution in [2.45, 2.75) is 26.8 Å². The number of carbonyl (C=O) groups is 2. The third kappa shape index (κ3) is 6.10. The van der Waals surface area contributed by atoms with E-state index in [9.17, 15) is 14.0 Å². The van der Waals surface area contributed by atoms with Crippen LogP contribution >= 0.6 is 0 Å². The summed E-state index contributed by atoms with van der Waals surface area (Å²) < 4.78 is 12.2.